The van der Waals surface area contributed by atoms with Crippen molar-refractivity contribution >= 4 is 11.4 Å². The number of nitrogens with zero attached hydrogens (tertiary/aromatic N) is 1. The first-order chi connectivity index (χ1) is 9.77. The second kappa shape index (κ2) is 6.17. The molecule has 1 saturated heterocycles. The maximum Gasteiger partial charge on any atom is 0.144 e. The Morgan fingerprint density at radius 3 is 2.33 bits per heavy atom. The molecule has 1 fully saturated rings. The van der Waals surface area contributed by atoms with Gasteiger partial charge in [0.15, 0.2) is 0 Å². The van der Waals surface area contributed by atoms with Gasteiger partial charge in [0.1, 0.15) is 5.75 Å². The molecule has 0 spiro atoms. The summed E-state index contributed by atoms with van der Waals surface area (Å²) in [5.74, 6) is 1.62. The van der Waals surface area contributed by atoms with Gasteiger partial charge in [0.05, 0.1) is 11.8 Å². The van der Waals surface area contributed by atoms with E-state index >= 15 is 0 Å². The average molecular weight is 290 g/mol. The lowest BCUT2D eigenvalue weighted by Gasteiger charge is -2.39. The summed E-state index contributed by atoms with van der Waals surface area (Å²) in [6.07, 6.45) is 2.66. The van der Waals surface area contributed by atoms with Crippen molar-refractivity contribution < 1.29 is 4.74 Å². The molecule has 3 heteroatoms. The van der Waals surface area contributed by atoms with E-state index in [4.69, 9.17) is 10.5 Å². The molecular formula is C18H30N2O. The Morgan fingerprint density at radius 2 is 1.81 bits per heavy atom. The van der Waals surface area contributed by atoms with Gasteiger partial charge in [-0.25, -0.2) is 0 Å². The highest BCUT2D eigenvalue weighted by molar-refractivity contribution is 5.62. The maximum atomic E-state index is 6.00. The van der Waals surface area contributed by atoms with Crippen molar-refractivity contribution in [3.63, 3.8) is 0 Å². The van der Waals surface area contributed by atoms with Crippen molar-refractivity contribution in [1.29, 1.82) is 0 Å². The van der Waals surface area contributed by atoms with Gasteiger partial charge in [-0.3, -0.25) is 0 Å². The van der Waals surface area contributed by atoms with E-state index in [0.29, 0.717) is 5.41 Å². The Labute approximate surface area is 129 Å². The molecule has 0 saturated carbocycles. The number of rotatable bonds is 3. The van der Waals surface area contributed by atoms with Gasteiger partial charge in [0, 0.05) is 24.8 Å². The summed E-state index contributed by atoms with van der Waals surface area (Å²) in [5.41, 5.74) is 8.37. The van der Waals surface area contributed by atoms with Crippen LogP contribution in [0.4, 0.5) is 11.4 Å². The Hall–Kier alpha value is -1.38. The molecule has 0 unspecified atom stereocenters. The average Bonchev–Trinajstić information content (AvgIpc) is 2.40. The topological polar surface area (TPSA) is 38.5 Å². The molecular weight excluding hydrogens is 260 g/mol. The molecule has 118 valence electrons. The van der Waals surface area contributed by atoms with Crippen LogP contribution in [-0.2, 0) is 0 Å². The van der Waals surface area contributed by atoms with Crippen LogP contribution in [0.5, 0.6) is 5.75 Å². The smallest absolute Gasteiger partial charge is 0.144 e. The summed E-state index contributed by atoms with van der Waals surface area (Å²) >= 11 is 0. The number of anilines is 2. The largest absolute Gasteiger partial charge is 0.489 e. The number of ether oxygens (including phenoxy) is 1. The monoisotopic (exact) mass is 290 g/mol. The maximum absolute atomic E-state index is 6.00. The summed E-state index contributed by atoms with van der Waals surface area (Å²) in [7, 11) is 0. The number of nitrogen functional groups attached to an aromatic ring is 1. The zero-order valence-electron chi connectivity index (χ0n) is 14.1. The molecule has 0 aliphatic carbocycles. The Kier molecular flexibility index (Phi) is 4.70. The van der Waals surface area contributed by atoms with E-state index in [2.05, 4.69) is 37.8 Å². The second-order valence-electron chi connectivity index (χ2n) is 7.52. The molecule has 1 aliphatic heterocycles. The van der Waals surface area contributed by atoms with Gasteiger partial charge < -0.3 is 15.4 Å². The van der Waals surface area contributed by atoms with Gasteiger partial charge >= 0.3 is 0 Å². The first-order valence-electron chi connectivity index (χ1n) is 8.08. The van der Waals surface area contributed by atoms with Gasteiger partial charge in [-0.2, -0.15) is 0 Å². The Balaban J connectivity index is 2.07. The second-order valence-corrected chi connectivity index (χ2v) is 7.52. The Morgan fingerprint density at radius 1 is 1.19 bits per heavy atom. The third kappa shape index (κ3) is 4.05. The highest BCUT2D eigenvalue weighted by Gasteiger charge is 2.28. The van der Waals surface area contributed by atoms with Crippen LogP contribution in [0.2, 0.25) is 0 Å². The molecule has 0 radical (unpaired) electrons. The molecule has 1 aromatic rings. The van der Waals surface area contributed by atoms with Crippen LogP contribution in [0.1, 0.15) is 47.5 Å². The molecule has 1 aliphatic rings. The van der Waals surface area contributed by atoms with E-state index in [1.807, 2.05) is 19.9 Å². The number of nitrogens with two attached hydrogens (primary N) is 1. The SMILES string of the molecule is CC(C)Oc1cc(N2CCC(C(C)(C)C)CC2)ccc1N. The molecule has 1 heterocycles. The summed E-state index contributed by atoms with van der Waals surface area (Å²) in [6, 6.07) is 6.16. The van der Waals surface area contributed by atoms with E-state index in [0.717, 1.165) is 30.4 Å². The lowest BCUT2D eigenvalue weighted by atomic mass is 9.75. The van der Waals surface area contributed by atoms with Gasteiger partial charge in [-0.15, -0.1) is 0 Å². The van der Waals surface area contributed by atoms with Crippen LogP contribution in [0.15, 0.2) is 18.2 Å². The minimum atomic E-state index is 0.147. The van der Waals surface area contributed by atoms with Gasteiger partial charge in [0.25, 0.3) is 0 Å². The first-order valence-corrected chi connectivity index (χ1v) is 8.08. The molecule has 2 rings (SSSR count). The number of hydrogen-bond acceptors (Lipinski definition) is 3. The minimum absolute atomic E-state index is 0.147. The summed E-state index contributed by atoms with van der Waals surface area (Å²) in [5, 5.41) is 0. The molecule has 0 atom stereocenters. The lowest BCUT2D eigenvalue weighted by molar-refractivity contribution is 0.199. The van der Waals surface area contributed by atoms with Gasteiger partial charge in [-0.1, -0.05) is 20.8 Å². The van der Waals surface area contributed by atoms with E-state index in [1.165, 1.54) is 18.5 Å². The molecule has 3 nitrogen and oxygen atoms in total. The number of piperidine rings is 1. The van der Waals surface area contributed by atoms with Gasteiger partial charge in [-0.05, 0) is 50.2 Å². The summed E-state index contributed by atoms with van der Waals surface area (Å²) in [4.78, 5) is 2.45. The van der Waals surface area contributed by atoms with E-state index < -0.39 is 0 Å². The van der Waals surface area contributed by atoms with Crippen LogP contribution in [-0.4, -0.2) is 19.2 Å². The van der Waals surface area contributed by atoms with Crippen molar-refractivity contribution in [2.75, 3.05) is 23.7 Å². The van der Waals surface area contributed by atoms with E-state index in [1.54, 1.807) is 0 Å². The zero-order chi connectivity index (χ0) is 15.6. The van der Waals surface area contributed by atoms with Crippen LogP contribution in [0, 0.1) is 11.3 Å². The quantitative estimate of drug-likeness (QED) is 0.843. The van der Waals surface area contributed by atoms with E-state index in [9.17, 15) is 0 Å². The normalized spacial score (nSPS) is 17.3. The fourth-order valence-electron chi connectivity index (χ4n) is 3.08. The minimum Gasteiger partial charge on any atom is -0.489 e. The zero-order valence-corrected chi connectivity index (χ0v) is 14.1. The highest BCUT2D eigenvalue weighted by Crippen LogP contribution is 2.36. The third-order valence-electron chi connectivity index (χ3n) is 4.44. The van der Waals surface area contributed by atoms with Crippen molar-refractivity contribution in [1.82, 2.24) is 0 Å². The van der Waals surface area contributed by atoms with Crippen molar-refractivity contribution in [3.8, 4) is 5.75 Å². The molecule has 0 aromatic heterocycles. The molecule has 2 N–H and O–H groups in total. The van der Waals surface area contributed by atoms with Gasteiger partial charge in [0.2, 0.25) is 0 Å². The van der Waals surface area contributed by atoms with Crippen LogP contribution in [0.3, 0.4) is 0 Å². The number of hydrogen-bond donors (Lipinski definition) is 1. The van der Waals surface area contributed by atoms with Crippen LogP contribution in [0.25, 0.3) is 0 Å². The predicted molar refractivity (Wildman–Crippen MR) is 91.0 cm³/mol. The Bertz CT molecular complexity index is 469. The first kappa shape index (κ1) is 16.0. The fourth-order valence-corrected chi connectivity index (χ4v) is 3.08. The lowest BCUT2D eigenvalue weighted by Crippen LogP contribution is -2.38. The van der Waals surface area contributed by atoms with Crippen molar-refractivity contribution in [2.24, 2.45) is 11.3 Å². The molecule has 0 bridgehead atoms. The van der Waals surface area contributed by atoms with Crippen molar-refractivity contribution in [2.45, 2.75) is 53.6 Å². The number of benzene rings is 1. The molecule has 1 aromatic carbocycles. The predicted octanol–water partition coefficient (Wildman–Crippen LogP) is 4.32. The van der Waals surface area contributed by atoms with Crippen molar-refractivity contribution in [3.05, 3.63) is 18.2 Å². The molecule has 0 amide bonds. The highest BCUT2D eigenvalue weighted by atomic mass is 16.5. The third-order valence-corrected chi connectivity index (χ3v) is 4.44. The summed E-state index contributed by atoms with van der Waals surface area (Å²) in [6.45, 7) is 13.4. The fraction of sp³-hybridized carbons (Fsp3) is 0.667. The van der Waals surface area contributed by atoms with Crippen LogP contribution >= 0.6 is 0 Å². The van der Waals surface area contributed by atoms with E-state index in [-0.39, 0.29) is 6.10 Å². The summed E-state index contributed by atoms with van der Waals surface area (Å²) < 4.78 is 5.80. The molecule has 21 heavy (non-hydrogen) atoms. The standard InChI is InChI=1S/C18H30N2O/c1-13(2)21-17-12-15(6-7-16(17)19)20-10-8-14(9-11-20)18(3,4)5/h6-7,12-14H,8-11,19H2,1-5H3. The van der Waals surface area contributed by atoms with Crippen LogP contribution < -0.4 is 15.4 Å².